The Bertz CT molecular complexity index is 607. The zero-order chi connectivity index (χ0) is 16.4. The number of nitrogens with zero attached hydrogens (tertiary/aromatic N) is 1. The number of carbonyl (C=O) groups excluding carboxylic acids is 2. The monoisotopic (exact) mass is 335 g/mol. The number of halogens is 1. The zero-order valence-corrected chi connectivity index (χ0v) is 13.8. The molecule has 124 valence electrons. The molecule has 0 aromatic heterocycles. The maximum absolute atomic E-state index is 12.5. The number of nitrogens with one attached hydrogen (secondary N) is 1. The number of anilines is 1. The molecule has 1 saturated heterocycles. The molecule has 3 atom stereocenters. The number of hydrogen-bond acceptors (Lipinski definition) is 3. The summed E-state index contributed by atoms with van der Waals surface area (Å²) in [6.07, 6.45) is 3.37. The van der Waals surface area contributed by atoms with Crippen molar-refractivity contribution in [3.8, 4) is 0 Å². The summed E-state index contributed by atoms with van der Waals surface area (Å²) in [4.78, 5) is 26.4. The normalized spacial score (nSPS) is 27.5. The molecule has 1 heterocycles. The Balaban J connectivity index is 1.65. The van der Waals surface area contributed by atoms with Gasteiger partial charge < -0.3 is 16.0 Å². The highest BCUT2D eigenvalue weighted by Crippen LogP contribution is 2.31. The third kappa shape index (κ3) is 3.35. The SMILES string of the molecule is NCC1CCCC1NC(=O)C1CC(=O)N(c2ccccc2Cl)C1. The second-order valence-corrected chi connectivity index (χ2v) is 6.81. The van der Waals surface area contributed by atoms with E-state index < -0.39 is 0 Å². The second kappa shape index (κ2) is 6.89. The van der Waals surface area contributed by atoms with E-state index in [2.05, 4.69) is 5.32 Å². The lowest BCUT2D eigenvalue weighted by atomic mass is 10.0. The van der Waals surface area contributed by atoms with Crippen LogP contribution in [0.2, 0.25) is 5.02 Å². The average molecular weight is 336 g/mol. The van der Waals surface area contributed by atoms with Crippen LogP contribution in [0.4, 0.5) is 5.69 Å². The summed E-state index contributed by atoms with van der Waals surface area (Å²) in [5, 5.41) is 3.63. The minimum absolute atomic E-state index is 0.0433. The molecule has 2 amide bonds. The molecule has 0 spiro atoms. The van der Waals surface area contributed by atoms with Crippen molar-refractivity contribution in [3.63, 3.8) is 0 Å². The van der Waals surface area contributed by atoms with E-state index in [1.807, 2.05) is 18.2 Å². The van der Waals surface area contributed by atoms with Crippen LogP contribution in [0.25, 0.3) is 0 Å². The van der Waals surface area contributed by atoms with Crippen LogP contribution in [0.5, 0.6) is 0 Å². The molecule has 1 aromatic rings. The zero-order valence-electron chi connectivity index (χ0n) is 13.0. The van der Waals surface area contributed by atoms with E-state index in [0.29, 0.717) is 29.7 Å². The Hall–Kier alpha value is -1.59. The lowest BCUT2D eigenvalue weighted by molar-refractivity contribution is -0.127. The fourth-order valence-electron chi connectivity index (χ4n) is 3.60. The molecule has 0 radical (unpaired) electrons. The minimum Gasteiger partial charge on any atom is -0.353 e. The molecule has 1 aromatic carbocycles. The van der Waals surface area contributed by atoms with Crippen molar-refractivity contribution in [1.82, 2.24) is 5.32 Å². The lowest BCUT2D eigenvalue weighted by Gasteiger charge is -2.22. The van der Waals surface area contributed by atoms with E-state index in [0.717, 1.165) is 19.3 Å². The van der Waals surface area contributed by atoms with Crippen molar-refractivity contribution >= 4 is 29.1 Å². The van der Waals surface area contributed by atoms with Crippen LogP contribution in [0.3, 0.4) is 0 Å². The van der Waals surface area contributed by atoms with Crippen LogP contribution in [0.15, 0.2) is 24.3 Å². The first-order valence-corrected chi connectivity index (χ1v) is 8.53. The van der Waals surface area contributed by atoms with Crippen LogP contribution < -0.4 is 16.0 Å². The molecular weight excluding hydrogens is 314 g/mol. The summed E-state index contributed by atoms with van der Waals surface area (Å²) in [5.74, 6) is -0.0631. The molecule has 1 saturated carbocycles. The number of hydrogen-bond donors (Lipinski definition) is 2. The summed E-state index contributed by atoms with van der Waals surface area (Å²) in [6.45, 7) is 0.981. The first kappa shape index (κ1) is 16.3. The van der Waals surface area contributed by atoms with Crippen molar-refractivity contribution in [1.29, 1.82) is 0 Å². The van der Waals surface area contributed by atoms with Gasteiger partial charge in [-0.25, -0.2) is 0 Å². The molecule has 2 fully saturated rings. The first-order valence-electron chi connectivity index (χ1n) is 8.15. The molecule has 3 N–H and O–H groups in total. The number of benzene rings is 1. The molecule has 3 rings (SSSR count). The largest absolute Gasteiger partial charge is 0.353 e. The van der Waals surface area contributed by atoms with Crippen LogP contribution in [0.1, 0.15) is 25.7 Å². The fraction of sp³-hybridized carbons (Fsp3) is 0.529. The summed E-state index contributed by atoms with van der Waals surface area (Å²) in [5.41, 5.74) is 6.44. The maximum Gasteiger partial charge on any atom is 0.227 e. The minimum atomic E-state index is -0.321. The van der Waals surface area contributed by atoms with E-state index in [1.54, 1.807) is 11.0 Å². The van der Waals surface area contributed by atoms with Crippen LogP contribution in [-0.4, -0.2) is 30.9 Å². The number of rotatable bonds is 4. The van der Waals surface area contributed by atoms with Gasteiger partial charge in [-0.3, -0.25) is 9.59 Å². The van der Waals surface area contributed by atoms with Crippen LogP contribution in [0, 0.1) is 11.8 Å². The Morgan fingerprint density at radius 2 is 2.13 bits per heavy atom. The molecular formula is C17H22ClN3O2. The molecule has 1 aliphatic carbocycles. The van der Waals surface area contributed by atoms with Gasteiger partial charge >= 0.3 is 0 Å². The van der Waals surface area contributed by atoms with Gasteiger partial charge in [-0.1, -0.05) is 30.2 Å². The standard InChI is InChI=1S/C17H22ClN3O2/c18-13-5-1-2-7-15(13)21-10-12(8-16(21)22)17(23)20-14-6-3-4-11(14)9-19/h1-2,5,7,11-12,14H,3-4,6,8-10,19H2,(H,20,23). The highest BCUT2D eigenvalue weighted by Gasteiger charge is 2.37. The summed E-state index contributed by atoms with van der Waals surface area (Å²) < 4.78 is 0. The molecule has 1 aliphatic heterocycles. The quantitative estimate of drug-likeness (QED) is 0.883. The Morgan fingerprint density at radius 1 is 1.35 bits per heavy atom. The predicted molar refractivity (Wildman–Crippen MR) is 90.2 cm³/mol. The number of carbonyl (C=O) groups is 2. The molecule has 3 unspecified atom stereocenters. The molecule has 0 bridgehead atoms. The topological polar surface area (TPSA) is 75.4 Å². The molecule has 2 aliphatic rings. The van der Waals surface area contributed by atoms with Gasteiger partial charge in [-0.05, 0) is 37.4 Å². The van der Waals surface area contributed by atoms with Gasteiger partial charge in [0.25, 0.3) is 0 Å². The van der Waals surface area contributed by atoms with Crippen molar-refractivity contribution in [2.75, 3.05) is 18.0 Å². The average Bonchev–Trinajstić information content (AvgIpc) is 3.14. The van der Waals surface area contributed by atoms with Gasteiger partial charge in [0, 0.05) is 19.0 Å². The molecule has 5 nitrogen and oxygen atoms in total. The lowest BCUT2D eigenvalue weighted by Crippen LogP contribution is -2.43. The van der Waals surface area contributed by atoms with E-state index in [-0.39, 0.29) is 30.2 Å². The smallest absolute Gasteiger partial charge is 0.227 e. The summed E-state index contributed by atoms with van der Waals surface area (Å²) in [6, 6.07) is 7.37. The van der Waals surface area contributed by atoms with Gasteiger partial charge in [-0.15, -0.1) is 0 Å². The fourth-order valence-corrected chi connectivity index (χ4v) is 3.83. The Morgan fingerprint density at radius 3 is 2.87 bits per heavy atom. The van der Waals surface area contributed by atoms with Gasteiger partial charge in [0.1, 0.15) is 0 Å². The van der Waals surface area contributed by atoms with Gasteiger partial charge in [0.2, 0.25) is 11.8 Å². The van der Waals surface area contributed by atoms with E-state index >= 15 is 0 Å². The summed E-state index contributed by atoms with van der Waals surface area (Å²) >= 11 is 6.16. The van der Waals surface area contributed by atoms with Gasteiger partial charge in [0.15, 0.2) is 0 Å². The van der Waals surface area contributed by atoms with Crippen molar-refractivity contribution < 1.29 is 9.59 Å². The third-order valence-electron chi connectivity index (χ3n) is 4.93. The second-order valence-electron chi connectivity index (χ2n) is 6.40. The molecule has 6 heteroatoms. The third-order valence-corrected chi connectivity index (χ3v) is 5.25. The van der Waals surface area contributed by atoms with Crippen LogP contribution in [-0.2, 0) is 9.59 Å². The van der Waals surface area contributed by atoms with E-state index in [1.165, 1.54) is 0 Å². The first-order chi connectivity index (χ1) is 11.1. The number of amides is 2. The van der Waals surface area contributed by atoms with Gasteiger partial charge in [0.05, 0.1) is 16.6 Å². The Labute approximate surface area is 141 Å². The highest BCUT2D eigenvalue weighted by atomic mass is 35.5. The van der Waals surface area contributed by atoms with E-state index in [9.17, 15) is 9.59 Å². The summed E-state index contributed by atoms with van der Waals surface area (Å²) in [7, 11) is 0. The van der Waals surface area contributed by atoms with Crippen molar-refractivity contribution in [2.45, 2.75) is 31.7 Å². The highest BCUT2D eigenvalue weighted by molar-refractivity contribution is 6.33. The van der Waals surface area contributed by atoms with E-state index in [4.69, 9.17) is 17.3 Å². The predicted octanol–water partition coefficient (Wildman–Crippen LogP) is 1.94. The van der Waals surface area contributed by atoms with Gasteiger partial charge in [-0.2, -0.15) is 0 Å². The van der Waals surface area contributed by atoms with Crippen LogP contribution >= 0.6 is 11.6 Å². The maximum atomic E-state index is 12.5. The van der Waals surface area contributed by atoms with Crippen molar-refractivity contribution in [3.05, 3.63) is 29.3 Å². The number of nitrogens with two attached hydrogens (primary N) is 1. The number of para-hydroxylation sites is 1. The Kier molecular flexibility index (Phi) is 4.87. The molecule has 23 heavy (non-hydrogen) atoms. The van der Waals surface area contributed by atoms with Crippen molar-refractivity contribution in [2.24, 2.45) is 17.6 Å².